The maximum Gasteiger partial charge on any atom is 0.335 e. The van der Waals surface area contributed by atoms with Crippen molar-refractivity contribution in [2.45, 2.75) is 6.92 Å². The Balaban J connectivity index is 2.08. The summed E-state index contributed by atoms with van der Waals surface area (Å²) in [4.78, 5) is 13.6. The summed E-state index contributed by atoms with van der Waals surface area (Å²) in [5.74, 6) is -0.898. The van der Waals surface area contributed by atoms with Gasteiger partial charge in [0.25, 0.3) is 0 Å². The maximum absolute atomic E-state index is 11.5. The van der Waals surface area contributed by atoms with Gasteiger partial charge in [-0.15, -0.1) is 0 Å². The van der Waals surface area contributed by atoms with Crippen LogP contribution in [-0.4, -0.2) is 37.4 Å². The molecule has 0 saturated carbocycles. The Morgan fingerprint density at radius 3 is 2.55 bits per heavy atom. The van der Waals surface area contributed by atoms with Crippen LogP contribution in [0.2, 0.25) is 0 Å². The van der Waals surface area contributed by atoms with Crippen molar-refractivity contribution in [3.05, 3.63) is 53.6 Å². The number of carboxylic acid groups (broad SMARTS) is 1. The Labute approximate surface area is 130 Å². The number of morpholine rings is 1. The number of anilines is 1. The molecule has 0 amide bonds. The number of hydrogen-bond acceptors (Lipinski definition) is 3. The van der Waals surface area contributed by atoms with Gasteiger partial charge in [-0.25, -0.2) is 4.79 Å². The van der Waals surface area contributed by atoms with Crippen LogP contribution in [0.5, 0.6) is 0 Å². The Kier molecular flexibility index (Phi) is 4.11. The number of ether oxygens (including phenoxy) is 1. The van der Waals surface area contributed by atoms with Crippen LogP contribution in [0.3, 0.4) is 0 Å². The highest BCUT2D eigenvalue weighted by atomic mass is 16.5. The topological polar surface area (TPSA) is 49.8 Å². The van der Waals surface area contributed by atoms with Crippen molar-refractivity contribution in [2.24, 2.45) is 0 Å². The van der Waals surface area contributed by atoms with Crippen molar-refractivity contribution in [1.29, 1.82) is 0 Å². The van der Waals surface area contributed by atoms with Gasteiger partial charge in [-0.3, -0.25) is 0 Å². The van der Waals surface area contributed by atoms with Crippen molar-refractivity contribution in [2.75, 3.05) is 31.2 Å². The van der Waals surface area contributed by atoms with Crippen LogP contribution < -0.4 is 4.90 Å². The number of aryl methyl sites for hydroxylation is 1. The zero-order chi connectivity index (χ0) is 15.5. The van der Waals surface area contributed by atoms with Crippen LogP contribution in [0.25, 0.3) is 11.1 Å². The molecule has 1 N–H and O–H groups in total. The van der Waals surface area contributed by atoms with Gasteiger partial charge in [-0.2, -0.15) is 0 Å². The fourth-order valence-electron chi connectivity index (χ4n) is 2.79. The molecule has 114 valence electrons. The third-order valence-electron chi connectivity index (χ3n) is 4.00. The standard InChI is InChI=1S/C18H19NO3/c1-13-4-2-3-5-17(13)14-10-15(18(20)21)12-16(11-14)19-6-8-22-9-7-19/h2-5,10-12H,6-9H2,1H3,(H,20,21). The first-order valence-electron chi connectivity index (χ1n) is 7.42. The fourth-order valence-corrected chi connectivity index (χ4v) is 2.79. The van der Waals surface area contributed by atoms with Crippen LogP contribution in [0.15, 0.2) is 42.5 Å². The van der Waals surface area contributed by atoms with E-state index in [1.807, 2.05) is 31.2 Å². The zero-order valence-electron chi connectivity index (χ0n) is 12.6. The number of rotatable bonds is 3. The molecule has 1 aliphatic heterocycles. The molecular formula is C18H19NO3. The third kappa shape index (κ3) is 2.97. The highest BCUT2D eigenvalue weighted by Crippen LogP contribution is 2.29. The number of hydrogen-bond donors (Lipinski definition) is 1. The smallest absolute Gasteiger partial charge is 0.335 e. The second kappa shape index (κ2) is 6.20. The summed E-state index contributed by atoms with van der Waals surface area (Å²) in [6.07, 6.45) is 0. The van der Waals surface area contributed by atoms with E-state index in [0.717, 1.165) is 35.5 Å². The molecule has 0 aliphatic carbocycles. The molecule has 2 aromatic rings. The summed E-state index contributed by atoms with van der Waals surface area (Å²) < 4.78 is 5.37. The number of carbonyl (C=O) groups is 1. The predicted octanol–water partition coefficient (Wildman–Crippen LogP) is 3.20. The average molecular weight is 297 g/mol. The van der Waals surface area contributed by atoms with E-state index in [0.29, 0.717) is 18.8 Å². The number of nitrogens with zero attached hydrogens (tertiary/aromatic N) is 1. The van der Waals surface area contributed by atoms with Gasteiger partial charge < -0.3 is 14.7 Å². The molecule has 4 heteroatoms. The summed E-state index contributed by atoms with van der Waals surface area (Å²) in [6, 6.07) is 13.6. The van der Waals surface area contributed by atoms with Crippen molar-refractivity contribution in [3.63, 3.8) is 0 Å². The van der Waals surface area contributed by atoms with Gasteiger partial charge in [0.2, 0.25) is 0 Å². The summed E-state index contributed by atoms with van der Waals surface area (Å²) in [5.41, 5.74) is 4.42. The Bertz CT molecular complexity index is 690. The van der Waals surface area contributed by atoms with E-state index in [4.69, 9.17) is 4.74 Å². The minimum absolute atomic E-state index is 0.322. The highest BCUT2D eigenvalue weighted by molar-refractivity contribution is 5.91. The van der Waals surface area contributed by atoms with Crippen molar-refractivity contribution in [3.8, 4) is 11.1 Å². The van der Waals surface area contributed by atoms with Crippen molar-refractivity contribution < 1.29 is 14.6 Å². The maximum atomic E-state index is 11.5. The molecule has 22 heavy (non-hydrogen) atoms. The van der Waals surface area contributed by atoms with Gasteiger partial charge in [0.1, 0.15) is 0 Å². The molecule has 0 radical (unpaired) electrons. The lowest BCUT2D eigenvalue weighted by molar-refractivity contribution is 0.0697. The van der Waals surface area contributed by atoms with Gasteiger partial charge >= 0.3 is 5.97 Å². The monoisotopic (exact) mass is 297 g/mol. The number of carboxylic acids is 1. The molecule has 3 rings (SSSR count). The van der Waals surface area contributed by atoms with Crippen LogP contribution in [0.4, 0.5) is 5.69 Å². The van der Waals surface area contributed by atoms with Gasteiger partial charge in [0.15, 0.2) is 0 Å². The quantitative estimate of drug-likeness (QED) is 0.945. The van der Waals surface area contributed by atoms with E-state index in [9.17, 15) is 9.90 Å². The first kappa shape index (κ1) is 14.6. The number of benzene rings is 2. The molecule has 0 bridgehead atoms. The van der Waals surface area contributed by atoms with Crippen LogP contribution >= 0.6 is 0 Å². The van der Waals surface area contributed by atoms with E-state index in [-0.39, 0.29) is 0 Å². The average Bonchev–Trinajstić information content (AvgIpc) is 2.55. The second-order valence-electron chi connectivity index (χ2n) is 5.49. The fraction of sp³-hybridized carbons (Fsp3) is 0.278. The third-order valence-corrected chi connectivity index (χ3v) is 4.00. The van der Waals surface area contributed by atoms with Crippen molar-refractivity contribution in [1.82, 2.24) is 0 Å². The first-order chi connectivity index (χ1) is 10.6. The zero-order valence-corrected chi connectivity index (χ0v) is 12.6. The van der Waals surface area contributed by atoms with E-state index in [2.05, 4.69) is 11.0 Å². The molecule has 1 aliphatic rings. The largest absolute Gasteiger partial charge is 0.478 e. The molecule has 1 fully saturated rings. The molecule has 2 aromatic carbocycles. The Hall–Kier alpha value is -2.33. The minimum Gasteiger partial charge on any atom is -0.478 e. The molecule has 1 saturated heterocycles. The van der Waals surface area contributed by atoms with Crippen LogP contribution in [0, 0.1) is 6.92 Å². The molecule has 4 nitrogen and oxygen atoms in total. The van der Waals surface area contributed by atoms with Crippen molar-refractivity contribution >= 4 is 11.7 Å². The van der Waals surface area contributed by atoms with E-state index >= 15 is 0 Å². The van der Waals surface area contributed by atoms with E-state index in [1.54, 1.807) is 12.1 Å². The lowest BCUT2D eigenvalue weighted by Crippen LogP contribution is -2.36. The predicted molar refractivity (Wildman–Crippen MR) is 86.6 cm³/mol. The lowest BCUT2D eigenvalue weighted by atomic mass is 9.98. The van der Waals surface area contributed by atoms with Crippen LogP contribution in [0.1, 0.15) is 15.9 Å². The molecule has 0 spiro atoms. The SMILES string of the molecule is Cc1ccccc1-c1cc(C(=O)O)cc(N2CCOCC2)c1. The lowest BCUT2D eigenvalue weighted by Gasteiger charge is -2.29. The van der Waals surface area contributed by atoms with Crippen LogP contribution in [-0.2, 0) is 4.74 Å². The molecule has 0 aromatic heterocycles. The van der Waals surface area contributed by atoms with E-state index < -0.39 is 5.97 Å². The summed E-state index contributed by atoms with van der Waals surface area (Å²) in [7, 11) is 0. The molecule has 0 unspecified atom stereocenters. The van der Waals surface area contributed by atoms with Gasteiger partial charge in [0.05, 0.1) is 18.8 Å². The summed E-state index contributed by atoms with van der Waals surface area (Å²) >= 11 is 0. The summed E-state index contributed by atoms with van der Waals surface area (Å²) in [6.45, 7) is 4.97. The molecular weight excluding hydrogens is 278 g/mol. The van der Waals surface area contributed by atoms with Gasteiger partial charge in [-0.05, 0) is 41.8 Å². The first-order valence-corrected chi connectivity index (χ1v) is 7.42. The number of aromatic carboxylic acids is 1. The molecule has 1 heterocycles. The second-order valence-corrected chi connectivity index (χ2v) is 5.49. The minimum atomic E-state index is -0.898. The Morgan fingerprint density at radius 1 is 1.14 bits per heavy atom. The normalized spacial score (nSPS) is 14.9. The Morgan fingerprint density at radius 2 is 1.86 bits per heavy atom. The summed E-state index contributed by atoms with van der Waals surface area (Å²) in [5, 5.41) is 9.41. The molecule has 0 atom stereocenters. The van der Waals surface area contributed by atoms with Gasteiger partial charge in [-0.1, -0.05) is 24.3 Å². The van der Waals surface area contributed by atoms with E-state index in [1.165, 1.54) is 0 Å². The highest BCUT2D eigenvalue weighted by Gasteiger charge is 2.16. The van der Waals surface area contributed by atoms with Gasteiger partial charge in [0, 0.05) is 18.8 Å².